The normalized spacial score (nSPS) is 15.2. The van der Waals surface area contributed by atoms with Gasteiger partial charge < -0.3 is 26.0 Å². The van der Waals surface area contributed by atoms with E-state index < -0.39 is 29.9 Å². The third kappa shape index (κ3) is 18.4. The molecule has 0 aromatic rings. The highest BCUT2D eigenvalue weighted by atomic mass is 16.4. The second-order valence-electron chi connectivity index (χ2n) is 12.6. The molecule has 1 heterocycles. The molecule has 0 spiro atoms. The lowest BCUT2D eigenvalue weighted by Gasteiger charge is -2.16. The predicted molar refractivity (Wildman–Crippen MR) is 174 cm³/mol. The van der Waals surface area contributed by atoms with E-state index in [9.17, 15) is 38.7 Å². The monoisotopic (exact) mass is 667 g/mol. The summed E-state index contributed by atoms with van der Waals surface area (Å²) in [6.45, 7) is 2.04. The fraction of sp³-hybridized carbons (Fsp3) is 0.794. The van der Waals surface area contributed by atoms with Crippen LogP contribution < -0.4 is 10.6 Å². The lowest BCUT2D eigenvalue weighted by molar-refractivity contribution is -0.155. The van der Waals surface area contributed by atoms with E-state index in [-0.39, 0.29) is 61.8 Å². The van der Waals surface area contributed by atoms with Gasteiger partial charge >= 0.3 is 17.9 Å². The molecule has 13 heteroatoms. The average molecular weight is 668 g/mol. The summed E-state index contributed by atoms with van der Waals surface area (Å²) in [5.74, 6) is -6.20. The van der Waals surface area contributed by atoms with Gasteiger partial charge in [-0.05, 0) is 32.1 Å². The van der Waals surface area contributed by atoms with Crippen molar-refractivity contribution in [2.75, 3.05) is 13.1 Å². The first-order valence-electron chi connectivity index (χ1n) is 17.6. The van der Waals surface area contributed by atoms with Crippen LogP contribution in [0.25, 0.3) is 0 Å². The minimum absolute atomic E-state index is 0.115. The van der Waals surface area contributed by atoms with Crippen LogP contribution in [-0.2, 0) is 33.6 Å². The lowest BCUT2D eigenvalue weighted by atomic mass is 10.00. The first-order chi connectivity index (χ1) is 22.5. The summed E-state index contributed by atoms with van der Waals surface area (Å²) in [5.41, 5.74) is 0. The molecule has 5 N–H and O–H groups in total. The Balaban J connectivity index is 2.01. The Morgan fingerprint density at radius 3 is 1.62 bits per heavy atom. The van der Waals surface area contributed by atoms with Crippen molar-refractivity contribution in [3.05, 3.63) is 0 Å². The van der Waals surface area contributed by atoms with Crippen LogP contribution >= 0.6 is 0 Å². The molecule has 0 aromatic carbocycles. The molecule has 0 saturated carbocycles. The van der Waals surface area contributed by atoms with Crippen LogP contribution in [0.3, 0.4) is 0 Å². The number of carboxylic acids is 3. The predicted octanol–water partition coefficient (Wildman–Crippen LogP) is 4.65. The van der Waals surface area contributed by atoms with E-state index in [1.54, 1.807) is 0 Å². The van der Waals surface area contributed by atoms with Gasteiger partial charge in [-0.25, -0.2) is 4.79 Å². The van der Waals surface area contributed by atoms with Crippen LogP contribution in [0.5, 0.6) is 0 Å². The number of imide groups is 1. The Morgan fingerprint density at radius 1 is 0.681 bits per heavy atom. The smallest absolute Gasteiger partial charge is 0.328 e. The highest BCUT2D eigenvalue weighted by Gasteiger charge is 2.36. The van der Waals surface area contributed by atoms with Gasteiger partial charge in [0, 0.05) is 38.3 Å². The molecular formula is C34H57N3O10. The summed E-state index contributed by atoms with van der Waals surface area (Å²) in [6.07, 6.45) is 16.1. The fourth-order valence-electron chi connectivity index (χ4n) is 5.74. The van der Waals surface area contributed by atoms with Gasteiger partial charge in [0.05, 0.1) is 0 Å². The first-order valence-corrected chi connectivity index (χ1v) is 17.6. The number of likely N-dealkylation sites (tertiary alicyclic amines) is 1. The zero-order valence-corrected chi connectivity index (χ0v) is 28.1. The van der Waals surface area contributed by atoms with Crippen LogP contribution in [0.4, 0.5) is 0 Å². The van der Waals surface area contributed by atoms with Crippen molar-refractivity contribution in [2.24, 2.45) is 11.8 Å². The summed E-state index contributed by atoms with van der Waals surface area (Å²) < 4.78 is 0. The number of amides is 4. The highest BCUT2D eigenvalue weighted by Crippen LogP contribution is 2.23. The Kier molecular flexibility index (Phi) is 21.8. The largest absolute Gasteiger partial charge is 0.481 e. The van der Waals surface area contributed by atoms with Gasteiger partial charge in [0.25, 0.3) is 0 Å². The highest BCUT2D eigenvalue weighted by molar-refractivity contribution is 6.03. The molecule has 0 radical (unpaired) electrons. The quantitative estimate of drug-likeness (QED) is 0.0424. The van der Waals surface area contributed by atoms with Crippen molar-refractivity contribution < 1.29 is 48.9 Å². The van der Waals surface area contributed by atoms with E-state index >= 15 is 0 Å². The van der Waals surface area contributed by atoms with Crippen molar-refractivity contribution in [3.8, 4) is 0 Å². The zero-order chi connectivity index (χ0) is 35.0. The standard InChI is InChI=1S/C34H57N3O10/c1-2-25-23-30(40)37(31(25)41)22-18-14-17-20-28(38)35-24-27(34(46)47)36-29(39)21-16-13-11-9-7-5-3-4-6-8-10-12-15-19-26(32(42)43)33(44)45/h25-27H,2-24H2,1H3,(H,35,38)(H,36,39)(H,42,43)(H,44,45)(H,46,47). The van der Waals surface area contributed by atoms with Crippen molar-refractivity contribution >= 4 is 41.5 Å². The molecule has 47 heavy (non-hydrogen) atoms. The average Bonchev–Trinajstić information content (AvgIpc) is 3.29. The molecule has 2 atom stereocenters. The van der Waals surface area contributed by atoms with Gasteiger partial charge in [-0.2, -0.15) is 0 Å². The van der Waals surface area contributed by atoms with Gasteiger partial charge in [-0.1, -0.05) is 90.4 Å². The summed E-state index contributed by atoms with van der Waals surface area (Å²) in [6, 6.07) is -1.20. The molecule has 1 aliphatic heterocycles. The number of nitrogens with one attached hydrogen (secondary N) is 2. The molecule has 1 saturated heterocycles. The van der Waals surface area contributed by atoms with Gasteiger partial charge in [0.2, 0.25) is 23.6 Å². The number of carbonyl (C=O) groups is 7. The number of nitrogens with zero attached hydrogens (tertiary/aromatic N) is 1. The topological polar surface area (TPSA) is 207 Å². The third-order valence-corrected chi connectivity index (χ3v) is 8.75. The fourth-order valence-corrected chi connectivity index (χ4v) is 5.74. The lowest BCUT2D eigenvalue weighted by Crippen LogP contribution is -2.48. The Hall–Kier alpha value is -3.51. The molecule has 1 aliphatic rings. The second kappa shape index (κ2) is 24.6. The summed E-state index contributed by atoms with van der Waals surface area (Å²) in [7, 11) is 0. The second-order valence-corrected chi connectivity index (χ2v) is 12.6. The van der Waals surface area contributed by atoms with Crippen molar-refractivity contribution in [2.45, 2.75) is 148 Å². The molecule has 1 rings (SSSR count). The number of carbonyl (C=O) groups excluding carboxylic acids is 4. The molecule has 268 valence electrons. The molecule has 13 nitrogen and oxygen atoms in total. The van der Waals surface area contributed by atoms with E-state index in [4.69, 9.17) is 10.2 Å². The summed E-state index contributed by atoms with van der Waals surface area (Å²) >= 11 is 0. The molecule has 0 aliphatic carbocycles. The Bertz CT molecular complexity index is 1000. The number of hydrogen-bond acceptors (Lipinski definition) is 7. The molecule has 4 amide bonds. The molecule has 2 unspecified atom stereocenters. The Labute approximate surface area is 278 Å². The van der Waals surface area contributed by atoms with Crippen molar-refractivity contribution in [3.63, 3.8) is 0 Å². The number of rotatable bonds is 29. The van der Waals surface area contributed by atoms with E-state index in [0.29, 0.717) is 45.1 Å². The maximum atomic E-state index is 12.3. The SMILES string of the molecule is CCC1CC(=O)N(CCCCCC(=O)NCC(NC(=O)CCCCCCCCCCCCCCCC(C(=O)O)C(=O)O)C(=O)O)C1=O. The Morgan fingerprint density at radius 2 is 1.15 bits per heavy atom. The van der Waals surface area contributed by atoms with E-state index in [1.165, 1.54) is 4.90 Å². The molecule has 0 bridgehead atoms. The summed E-state index contributed by atoms with van der Waals surface area (Å²) in [4.78, 5) is 83.2. The van der Waals surface area contributed by atoms with E-state index in [0.717, 1.165) is 70.6 Å². The van der Waals surface area contributed by atoms with Gasteiger partial charge in [-0.3, -0.25) is 33.7 Å². The van der Waals surface area contributed by atoms with Gasteiger partial charge in [-0.15, -0.1) is 0 Å². The minimum Gasteiger partial charge on any atom is -0.481 e. The maximum absolute atomic E-state index is 12.3. The summed E-state index contributed by atoms with van der Waals surface area (Å²) in [5, 5.41) is 32.3. The molecule has 0 aromatic heterocycles. The zero-order valence-electron chi connectivity index (χ0n) is 28.1. The third-order valence-electron chi connectivity index (χ3n) is 8.75. The molecular weight excluding hydrogens is 610 g/mol. The molecule has 1 fully saturated rings. The van der Waals surface area contributed by atoms with Crippen LogP contribution in [0.15, 0.2) is 0 Å². The van der Waals surface area contributed by atoms with Crippen LogP contribution in [0.1, 0.15) is 142 Å². The first kappa shape index (κ1) is 41.5. The number of hydrogen-bond donors (Lipinski definition) is 5. The maximum Gasteiger partial charge on any atom is 0.328 e. The van der Waals surface area contributed by atoms with Crippen LogP contribution in [0.2, 0.25) is 0 Å². The number of carboxylic acid groups (broad SMARTS) is 3. The van der Waals surface area contributed by atoms with Crippen molar-refractivity contribution in [1.82, 2.24) is 15.5 Å². The number of aliphatic carboxylic acids is 3. The number of unbranched alkanes of at least 4 members (excludes halogenated alkanes) is 14. The van der Waals surface area contributed by atoms with E-state index in [1.807, 2.05) is 6.92 Å². The minimum atomic E-state index is -1.30. The van der Waals surface area contributed by atoms with Crippen LogP contribution in [0, 0.1) is 11.8 Å². The van der Waals surface area contributed by atoms with Gasteiger partial charge in [0.1, 0.15) is 6.04 Å². The van der Waals surface area contributed by atoms with Crippen molar-refractivity contribution in [1.29, 1.82) is 0 Å². The van der Waals surface area contributed by atoms with E-state index in [2.05, 4.69) is 10.6 Å². The van der Waals surface area contributed by atoms with Crippen LogP contribution in [-0.4, -0.2) is 80.9 Å². The van der Waals surface area contributed by atoms with Gasteiger partial charge in [0.15, 0.2) is 5.92 Å².